The minimum atomic E-state index is -0.472. The Hall–Kier alpha value is -2.57. The molecule has 2 aromatic rings. The van der Waals surface area contributed by atoms with Crippen LogP contribution >= 0.6 is 23.4 Å². The Morgan fingerprint density at radius 2 is 1.80 bits per heavy atom. The van der Waals surface area contributed by atoms with Gasteiger partial charge in [0, 0.05) is 10.6 Å². The van der Waals surface area contributed by atoms with E-state index in [0.29, 0.717) is 22.7 Å². The number of fused-ring (bicyclic) bond motifs is 1. The van der Waals surface area contributed by atoms with Gasteiger partial charge < -0.3 is 10.6 Å². The molecule has 4 rings (SSSR count). The summed E-state index contributed by atoms with van der Waals surface area (Å²) in [6.07, 6.45) is 0. The van der Waals surface area contributed by atoms with Gasteiger partial charge >= 0.3 is 0 Å². The third-order valence-electron chi connectivity index (χ3n) is 4.05. The summed E-state index contributed by atoms with van der Waals surface area (Å²) in [7, 11) is 0. The van der Waals surface area contributed by atoms with Crippen LogP contribution in [0.1, 0.15) is 11.1 Å². The summed E-state index contributed by atoms with van der Waals surface area (Å²) in [4.78, 5) is 30.8. The highest BCUT2D eigenvalue weighted by Crippen LogP contribution is 2.43. The fourth-order valence-electron chi connectivity index (χ4n) is 2.93. The highest BCUT2D eigenvalue weighted by atomic mass is 35.5. The molecular formula is C18H12ClN3O2S. The molecular weight excluding hydrogens is 358 g/mol. The molecule has 2 heterocycles. The van der Waals surface area contributed by atoms with Crippen LogP contribution in [-0.4, -0.2) is 17.0 Å². The molecule has 0 unspecified atom stereocenters. The first-order valence-corrected chi connectivity index (χ1v) is 8.71. The predicted molar refractivity (Wildman–Crippen MR) is 100 cm³/mol. The lowest BCUT2D eigenvalue weighted by Crippen LogP contribution is -2.26. The van der Waals surface area contributed by atoms with Gasteiger partial charge in [-0.1, -0.05) is 48.0 Å². The maximum Gasteiger partial charge on any atom is 0.287 e. The molecule has 0 radical (unpaired) electrons. The highest BCUT2D eigenvalue weighted by Gasteiger charge is 2.38. The van der Waals surface area contributed by atoms with Gasteiger partial charge in [0.15, 0.2) is 5.17 Å². The first-order valence-electron chi connectivity index (χ1n) is 7.51. The number of nitrogens with zero attached hydrogens (tertiary/aromatic N) is 2. The molecule has 0 fully saturated rings. The maximum absolute atomic E-state index is 13.1. The third kappa shape index (κ3) is 2.63. The molecule has 0 atom stereocenters. The SMILES string of the molecule is NC1=NC(=O)/C(=C2\C(=O)N(Cc3ccccc3Cl)c3ccccc32)S1. The van der Waals surface area contributed by atoms with Crippen LogP contribution in [0.3, 0.4) is 0 Å². The number of carbonyl (C=O) groups is 2. The van der Waals surface area contributed by atoms with Crippen LogP contribution in [0.15, 0.2) is 58.4 Å². The Kier molecular flexibility index (Phi) is 3.86. The van der Waals surface area contributed by atoms with Gasteiger partial charge in [-0.3, -0.25) is 9.59 Å². The number of amidine groups is 1. The summed E-state index contributed by atoms with van der Waals surface area (Å²) < 4.78 is 0. The quantitative estimate of drug-likeness (QED) is 0.825. The van der Waals surface area contributed by atoms with Crippen LogP contribution in [0.5, 0.6) is 0 Å². The molecule has 2 N–H and O–H groups in total. The van der Waals surface area contributed by atoms with Crippen molar-refractivity contribution in [3.8, 4) is 0 Å². The first kappa shape index (κ1) is 15.9. The van der Waals surface area contributed by atoms with Crippen molar-refractivity contribution >= 4 is 51.6 Å². The number of nitrogens with two attached hydrogens (primary N) is 1. The molecule has 7 heteroatoms. The fraction of sp³-hybridized carbons (Fsp3) is 0.0556. The van der Waals surface area contributed by atoms with E-state index in [4.69, 9.17) is 17.3 Å². The molecule has 0 aromatic heterocycles. The minimum Gasteiger partial charge on any atom is -0.378 e. The number of aliphatic imine (C=N–C) groups is 1. The molecule has 0 saturated carbocycles. The van der Waals surface area contributed by atoms with Crippen LogP contribution in [0.25, 0.3) is 5.57 Å². The fourth-order valence-corrected chi connectivity index (χ4v) is 3.90. The summed E-state index contributed by atoms with van der Waals surface area (Å²) >= 11 is 7.27. The van der Waals surface area contributed by atoms with Crippen molar-refractivity contribution in [1.82, 2.24) is 0 Å². The van der Waals surface area contributed by atoms with E-state index in [1.54, 1.807) is 11.0 Å². The molecule has 2 aliphatic rings. The number of para-hydroxylation sites is 1. The van der Waals surface area contributed by atoms with Gasteiger partial charge in [0.05, 0.1) is 22.7 Å². The van der Waals surface area contributed by atoms with Crippen LogP contribution in [-0.2, 0) is 16.1 Å². The van der Waals surface area contributed by atoms with Crippen molar-refractivity contribution in [1.29, 1.82) is 0 Å². The summed E-state index contributed by atoms with van der Waals surface area (Å²) in [6, 6.07) is 14.7. The molecule has 2 aromatic carbocycles. The summed E-state index contributed by atoms with van der Waals surface area (Å²) in [5.74, 6) is -0.720. The lowest BCUT2D eigenvalue weighted by Gasteiger charge is -2.18. The maximum atomic E-state index is 13.1. The zero-order valence-electron chi connectivity index (χ0n) is 12.9. The van der Waals surface area contributed by atoms with E-state index in [1.807, 2.05) is 42.5 Å². The van der Waals surface area contributed by atoms with E-state index in [9.17, 15) is 9.59 Å². The zero-order valence-corrected chi connectivity index (χ0v) is 14.5. The lowest BCUT2D eigenvalue weighted by molar-refractivity contribution is -0.115. The standard InChI is InChI=1S/C18H12ClN3O2S/c19-12-7-3-1-5-10(12)9-22-13-8-4-2-6-11(13)14(17(22)24)15-16(23)21-18(20)25-15/h1-8H,9H2,(H2,20,21,23)/b15-14+. The average molecular weight is 370 g/mol. The van der Waals surface area contributed by atoms with Gasteiger partial charge in [0.25, 0.3) is 11.8 Å². The molecule has 5 nitrogen and oxygen atoms in total. The van der Waals surface area contributed by atoms with Crippen molar-refractivity contribution in [3.63, 3.8) is 0 Å². The highest BCUT2D eigenvalue weighted by molar-refractivity contribution is 8.18. The second-order valence-electron chi connectivity index (χ2n) is 5.56. The van der Waals surface area contributed by atoms with Crippen molar-refractivity contribution in [2.75, 3.05) is 4.90 Å². The zero-order chi connectivity index (χ0) is 17.6. The number of hydrogen-bond acceptors (Lipinski definition) is 4. The second-order valence-corrected chi connectivity index (χ2v) is 7.00. The number of thioether (sulfide) groups is 1. The molecule has 0 saturated heterocycles. The van der Waals surface area contributed by atoms with Gasteiger partial charge in [-0.2, -0.15) is 4.99 Å². The molecule has 2 aliphatic heterocycles. The van der Waals surface area contributed by atoms with Crippen molar-refractivity contribution in [2.24, 2.45) is 10.7 Å². The van der Waals surface area contributed by atoms with Crippen LogP contribution in [0.2, 0.25) is 5.02 Å². The Balaban J connectivity index is 1.81. The molecule has 25 heavy (non-hydrogen) atoms. The van der Waals surface area contributed by atoms with E-state index in [1.165, 1.54) is 0 Å². The first-order chi connectivity index (χ1) is 12.1. The third-order valence-corrected chi connectivity index (χ3v) is 5.30. The Morgan fingerprint density at radius 1 is 1.08 bits per heavy atom. The molecule has 2 amide bonds. The van der Waals surface area contributed by atoms with Gasteiger partial charge in [-0.15, -0.1) is 0 Å². The monoisotopic (exact) mass is 369 g/mol. The van der Waals surface area contributed by atoms with Gasteiger partial charge in [-0.05, 0) is 29.5 Å². The summed E-state index contributed by atoms with van der Waals surface area (Å²) in [5.41, 5.74) is 8.28. The van der Waals surface area contributed by atoms with Crippen LogP contribution in [0, 0.1) is 0 Å². The lowest BCUT2D eigenvalue weighted by atomic mass is 10.1. The Morgan fingerprint density at radius 3 is 2.52 bits per heavy atom. The number of carbonyl (C=O) groups excluding carboxylic acids is 2. The van der Waals surface area contributed by atoms with Crippen LogP contribution in [0.4, 0.5) is 5.69 Å². The Bertz CT molecular complexity index is 984. The number of benzene rings is 2. The van der Waals surface area contributed by atoms with E-state index in [2.05, 4.69) is 4.99 Å². The normalized spacial score (nSPS) is 19.4. The topological polar surface area (TPSA) is 75.8 Å². The van der Waals surface area contributed by atoms with E-state index < -0.39 is 5.91 Å². The number of amides is 2. The number of rotatable bonds is 2. The van der Waals surface area contributed by atoms with Crippen molar-refractivity contribution in [2.45, 2.75) is 6.54 Å². The summed E-state index contributed by atoms with van der Waals surface area (Å²) in [5, 5.41) is 0.745. The van der Waals surface area contributed by atoms with E-state index in [0.717, 1.165) is 23.0 Å². The number of anilines is 1. The van der Waals surface area contributed by atoms with Gasteiger partial charge in [0.2, 0.25) is 0 Å². The van der Waals surface area contributed by atoms with Crippen molar-refractivity contribution in [3.05, 3.63) is 69.6 Å². The number of halogens is 1. The van der Waals surface area contributed by atoms with Gasteiger partial charge in [0.1, 0.15) is 0 Å². The smallest absolute Gasteiger partial charge is 0.287 e. The summed E-state index contributed by atoms with van der Waals surface area (Å²) in [6.45, 7) is 0.321. The van der Waals surface area contributed by atoms with E-state index >= 15 is 0 Å². The molecule has 124 valence electrons. The second kappa shape index (κ2) is 6.06. The minimum absolute atomic E-state index is 0.155. The molecule has 0 spiro atoms. The van der Waals surface area contributed by atoms with Crippen molar-refractivity contribution < 1.29 is 9.59 Å². The predicted octanol–water partition coefficient (Wildman–Crippen LogP) is 3.19. The average Bonchev–Trinajstić information content (AvgIpc) is 3.06. The van der Waals surface area contributed by atoms with Gasteiger partial charge in [-0.25, -0.2) is 0 Å². The van der Waals surface area contributed by atoms with Crippen LogP contribution < -0.4 is 10.6 Å². The molecule has 0 bridgehead atoms. The number of hydrogen-bond donors (Lipinski definition) is 1. The largest absolute Gasteiger partial charge is 0.378 e. The molecule has 0 aliphatic carbocycles. The van der Waals surface area contributed by atoms with E-state index in [-0.39, 0.29) is 16.0 Å². The Labute approximate surface area is 153 Å².